The molecule has 1 heterocycles. The molecular formula is C9H13N3O. The van der Waals surface area contributed by atoms with Gasteiger partial charge in [-0.05, 0) is 20.8 Å². The van der Waals surface area contributed by atoms with Crippen LogP contribution in [0.15, 0.2) is 12.4 Å². The summed E-state index contributed by atoms with van der Waals surface area (Å²) in [5, 5.41) is 0. The van der Waals surface area contributed by atoms with Gasteiger partial charge in [-0.15, -0.1) is 0 Å². The van der Waals surface area contributed by atoms with Gasteiger partial charge in [0, 0.05) is 6.20 Å². The van der Waals surface area contributed by atoms with Crippen molar-refractivity contribution in [2.24, 2.45) is 5.73 Å². The molecule has 0 spiro atoms. The number of aromatic nitrogens is 2. The molecule has 1 aromatic rings. The summed E-state index contributed by atoms with van der Waals surface area (Å²) < 4.78 is 0. The molecule has 0 unspecified atom stereocenters. The fourth-order valence-electron chi connectivity index (χ4n) is 0.903. The Kier molecular flexibility index (Phi) is 2.43. The highest BCUT2D eigenvalue weighted by atomic mass is 16.1. The van der Waals surface area contributed by atoms with E-state index in [1.165, 1.54) is 6.20 Å². The van der Waals surface area contributed by atoms with Gasteiger partial charge in [-0.25, -0.2) is 4.98 Å². The van der Waals surface area contributed by atoms with Crippen molar-refractivity contribution >= 4 is 5.78 Å². The number of nitrogens with zero attached hydrogens (tertiary/aromatic N) is 2. The number of aryl methyl sites for hydroxylation is 1. The Labute approximate surface area is 77.2 Å². The molecule has 0 aliphatic carbocycles. The van der Waals surface area contributed by atoms with Gasteiger partial charge in [0.25, 0.3) is 0 Å². The maximum absolute atomic E-state index is 11.6. The van der Waals surface area contributed by atoms with E-state index in [0.29, 0.717) is 5.69 Å². The fraction of sp³-hybridized carbons (Fsp3) is 0.444. The van der Waals surface area contributed by atoms with Crippen LogP contribution in [0, 0.1) is 6.92 Å². The zero-order chi connectivity index (χ0) is 10.1. The predicted octanol–water partition coefficient (Wildman–Crippen LogP) is 0.705. The molecule has 0 bridgehead atoms. The number of carbonyl (C=O) groups excluding carboxylic acids is 1. The molecule has 13 heavy (non-hydrogen) atoms. The van der Waals surface area contributed by atoms with Gasteiger partial charge in [0.05, 0.1) is 17.4 Å². The van der Waals surface area contributed by atoms with Crippen LogP contribution in [0.3, 0.4) is 0 Å². The van der Waals surface area contributed by atoms with Crippen molar-refractivity contribution < 1.29 is 4.79 Å². The molecule has 0 aliphatic heterocycles. The Morgan fingerprint density at radius 1 is 1.46 bits per heavy atom. The summed E-state index contributed by atoms with van der Waals surface area (Å²) in [5.74, 6) is -0.191. The van der Waals surface area contributed by atoms with E-state index in [1.54, 1.807) is 27.0 Å². The Morgan fingerprint density at radius 3 is 2.54 bits per heavy atom. The van der Waals surface area contributed by atoms with Crippen LogP contribution in [-0.2, 0) is 0 Å². The predicted molar refractivity (Wildman–Crippen MR) is 49.4 cm³/mol. The first-order valence-corrected chi connectivity index (χ1v) is 4.03. The second-order valence-corrected chi connectivity index (χ2v) is 3.60. The van der Waals surface area contributed by atoms with Crippen molar-refractivity contribution in [1.82, 2.24) is 9.97 Å². The number of hydrogen-bond acceptors (Lipinski definition) is 4. The first kappa shape index (κ1) is 9.80. The molecule has 4 nitrogen and oxygen atoms in total. The smallest absolute Gasteiger partial charge is 0.201 e. The zero-order valence-electron chi connectivity index (χ0n) is 8.03. The molecule has 0 aromatic carbocycles. The number of hydrogen-bond donors (Lipinski definition) is 1. The molecule has 0 fully saturated rings. The normalized spacial score (nSPS) is 11.4. The van der Waals surface area contributed by atoms with E-state index in [2.05, 4.69) is 9.97 Å². The lowest BCUT2D eigenvalue weighted by molar-refractivity contribution is 0.0908. The molecule has 0 saturated heterocycles. The average molecular weight is 179 g/mol. The molecule has 0 atom stereocenters. The third-order valence-electron chi connectivity index (χ3n) is 1.57. The summed E-state index contributed by atoms with van der Waals surface area (Å²) in [4.78, 5) is 19.5. The van der Waals surface area contributed by atoms with Crippen LogP contribution in [-0.4, -0.2) is 21.3 Å². The first-order valence-electron chi connectivity index (χ1n) is 4.03. The van der Waals surface area contributed by atoms with Crippen LogP contribution < -0.4 is 5.73 Å². The quantitative estimate of drug-likeness (QED) is 0.679. The topological polar surface area (TPSA) is 68.9 Å². The van der Waals surface area contributed by atoms with Crippen molar-refractivity contribution in [3.8, 4) is 0 Å². The van der Waals surface area contributed by atoms with E-state index in [9.17, 15) is 4.79 Å². The van der Waals surface area contributed by atoms with Crippen LogP contribution in [0.5, 0.6) is 0 Å². The van der Waals surface area contributed by atoms with Gasteiger partial charge in [0.15, 0.2) is 0 Å². The summed E-state index contributed by atoms with van der Waals surface area (Å²) in [6.07, 6.45) is 3.03. The molecule has 0 amide bonds. The molecule has 2 N–H and O–H groups in total. The van der Waals surface area contributed by atoms with Crippen LogP contribution in [0.1, 0.15) is 30.0 Å². The highest BCUT2D eigenvalue weighted by molar-refractivity contribution is 6.00. The van der Waals surface area contributed by atoms with Crippen LogP contribution in [0.4, 0.5) is 0 Å². The van der Waals surface area contributed by atoms with E-state index >= 15 is 0 Å². The summed E-state index contributed by atoms with van der Waals surface area (Å²) in [6.45, 7) is 5.09. The number of carbonyl (C=O) groups is 1. The van der Waals surface area contributed by atoms with Crippen molar-refractivity contribution in [3.05, 3.63) is 23.8 Å². The maximum atomic E-state index is 11.6. The summed E-state index contributed by atoms with van der Waals surface area (Å²) in [6, 6.07) is 0. The van der Waals surface area contributed by atoms with Gasteiger partial charge < -0.3 is 5.73 Å². The van der Waals surface area contributed by atoms with E-state index < -0.39 is 5.54 Å². The standard InChI is InChI=1S/C9H13N3O/c1-6-4-11-5-7(12-6)8(13)9(2,3)10/h4-5H,10H2,1-3H3. The average Bonchev–Trinajstić information content (AvgIpc) is 2.01. The van der Waals surface area contributed by atoms with Gasteiger partial charge in [-0.1, -0.05) is 0 Å². The lowest BCUT2D eigenvalue weighted by atomic mass is 9.98. The SMILES string of the molecule is Cc1cncc(C(=O)C(C)(C)N)n1. The number of nitrogens with two attached hydrogens (primary N) is 1. The summed E-state index contributed by atoms with van der Waals surface area (Å²) in [5.41, 5.74) is 5.80. The van der Waals surface area contributed by atoms with Crippen molar-refractivity contribution in [1.29, 1.82) is 0 Å². The van der Waals surface area contributed by atoms with Gasteiger partial charge in [0.1, 0.15) is 5.69 Å². The van der Waals surface area contributed by atoms with Gasteiger partial charge in [0.2, 0.25) is 5.78 Å². The molecule has 0 radical (unpaired) electrons. The monoisotopic (exact) mass is 179 g/mol. The van der Waals surface area contributed by atoms with Gasteiger partial charge in [-0.2, -0.15) is 0 Å². The van der Waals surface area contributed by atoms with Gasteiger partial charge >= 0.3 is 0 Å². The Morgan fingerprint density at radius 2 is 2.08 bits per heavy atom. The van der Waals surface area contributed by atoms with Crippen LogP contribution >= 0.6 is 0 Å². The van der Waals surface area contributed by atoms with Crippen LogP contribution in [0.2, 0.25) is 0 Å². The highest BCUT2D eigenvalue weighted by Crippen LogP contribution is 2.07. The maximum Gasteiger partial charge on any atom is 0.201 e. The second kappa shape index (κ2) is 3.22. The zero-order valence-corrected chi connectivity index (χ0v) is 8.03. The molecule has 0 saturated carbocycles. The summed E-state index contributed by atoms with van der Waals surface area (Å²) >= 11 is 0. The largest absolute Gasteiger partial charge is 0.319 e. The number of Topliss-reactive ketones (excluding diaryl/α,β-unsaturated/α-hetero) is 1. The number of rotatable bonds is 2. The molecule has 1 rings (SSSR count). The molecule has 0 aliphatic rings. The van der Waals surface area contributed by atoms with Gasteiger partial charge in [-0.3, -0.25) is 9.78 Å². The minimum atomic E-state index is -0.886. The van der Waals surface area contributed by atoms with E-state index in [-0.39, 0.29) is 5.78 Å². The Balaban J connectivity index is 3.03. The molecule has 4 heteroatoms. The van der Waals surface area contributed by atoms with E-state index in [0.717, 1.165) is 5.69 Å². The lowest BCUT2D eigenvalue weighted by Crippen LogP contribution is -2.42. The summed E-state index contributed by atoms with van der Waals surface area (Å²) in [7, 11) is 0. The lowest BCUT2D eigenvalue weighted by Gasteiger charge is -2.15. The van der Waals surface area contributed by atoms with E-state index in [1.807, 2.05) is 0 Å². The molecule has 70 valence electrons. The van der Waals surface area contributed by atoms with Crippen LogP contribution in [0.25, 0.3) is 0 Å². The Bertz CT molecular complexity index is 328. The minimum Gasteiger partial charge on any atom is -0.319 e. The molecular weight excluding hydrogens is 166 g/mol. The fourth-order valence-corrected chi connectivity index (χ4v) is 0.903. The minimum absolute atomic E-state index is 0.191. The van der Waals surface area contributed by atoms with Crippen molar-refractivity contribution in [2.75, 3.05) is 0 Å². The highest BCUT2D eigenvalue weighted by Gasteiger charge is 2.24. The van der Waals surface area contributed by atoms with Crippen molar-refractivity contribution in [2.45, 2.75) is 26.3 Å². The van der Waals surface area contributed by atoms with E-state index in [4.69, 9.17) is 5.73 Å². The third-order valence-corrected chi connectivity index (χ3v) is 1.57. The molecule has 1 aromatic heterocycles. The number of ketones is 1. The Hall–Kier alpha value is -1.29. The van der Waals surface area contributed by atoms with Crippen molar-refractivity contribution in [3.63, 3.8) is 0 Å². The second-order valence-electron chi connectivity index (χ2n) is 3.60. The first-order chi connectivity index (χ1) is 5.91. The third kappa shape index (κ3) is 2.32.